The Morgan fingerprint density at radius 2 is 1.75 bits per heavy atom. The first-order valence-electron chi connectivity index (χ1n) is 15.6. The monoisotopic (exact) mass is 678 g/mol. The molecule has 1 aliphatic rings. The summed E-state index contributed by atoms with van der Waals surface area (Å²) in [7, 11) is 1.49. The second-order valence-electron chi connectivity index (χ2n) is 12.1. The molecular weight excluding hydrogens is 645 g/mol. The lowest BCUT2D eigenvalue weighted by molar-refractivity contribution is 0.0236. The van der Waals surface area contributed by atoms with Crippen LogP contribution < -0.4 is 10.1 Å². The zero-order valence-corrected chi connectivity index (χ0v) is 27.3. The maximum atomic E-state index is 16.3. The molecule has 0 bridgehead atoms. The van der Waals surface area contributed by atoms with Crippen molar-refractivity contribution in [3.05, 3.63) is 112 Å². The topological polar surface area (TPSA) is 110 Å². The van der Waals surface area contributed by atoms with Crippen LogP contribution in [0, 0.1) is 17.5 Å². The average Bonchev–Trinajstić information content (AvgIpc) is 3.86. The van der Waals surface area contributed by atoms with E-state index in [0.717, 1.165) is 18.9 Å². The van der Waals surface area contributed by atoms with Crippen molar-refractivity contribution in [2.75, 3.05) is 13.7 Å². The Kier molecular flexibility index (Phi) is 8.97. The molecule has 0 unspecified atom stereocenters. The maximum Gasteiger partial charge on any atom is 0.251 e. The van der Waals surface area contributed by atoms with Crippen LogP contribution in [0.4, 0.5) is 13.2 Å². The number of halogens is 4. The molecule has 1 amide bonds. The molecule has 8 nitrogen and oxygen atoms in total. The van der Waals surface area contributed by atoms with Crippen LogP contribution in [0.2, 0.25) is 5.02 Å². The largest absolute Gasteiger partial charge is 0.494 e. The molecule has 2 heterocycles. The molecule has 2 aromatic heterocycles. The summed E-state index contributed by atoms with van der Waals surface area (Å²) in [6.45, 7) is 2.85. The molecule has 12 heteroatoms. The lowest BCUT2D eigenvalue weighted by Gasteiger charge is -2.32. The highest BCUT2D eigenvalue weighted by Crippen LogP contribution is 2.40. The van der Waals surface area contributed by atoms with Crippen molar-refractivity contribution in [3.63, 3.8) is 0 Å². The summed E-state index contributed by atoms with van der Waals surface area (Å²) in [5.41, 5.74) is -4.24. The Morgan fingerprint density at radius 1 is 1.04 bits per heavy atom. The van der Waals surface area contributed by atoms with Gasteiger partial charge in [-0.25, -0.2) is 18.2 Å². The second-order valence-corrected chi connectivity index (χ2v) is 12.5. The minimum atomic E-state index is -2.12. The normalized spacial score (nSPS) is 14.6. The van der Waals surface area contributed by atoms with Gasteiger partial charge in [-0.05, 0) is 55.5 Å². The molecule has 3 N–H and O–H groups in total. The van der Waals surface area contributed by atoms with Crippen molar-refractivity contribution in [3.8, 4) is 17.0 Å². The summed E-state index contributed by atoms with van der Waals surface area (Å²) in [4.78, 5) is 18.0. The molecule has 0 spiro atoms. The number of rotatable bonds is 11. The summed E-state index contributed by atoms with van der Waals surface area (Å²) in [5.74, 6) is -3.40. The van der Waals surface area contributed by atoms with Crippen LogP contribution in [0.5, 0.6) is 5.75 Å². The standard InChI is InChI=1S/C36H34ClF3N4O4/c1-4-35(46,5-2)25-16-30(42-33(31(25)40)24-15-26(37)28(39)17-27(24)38)36(47,22-9-7-6-8-10-22)19-41-34(45)20-13-21-18-44(23-11-12-23)43-32(21)29(14-20)48-3/h6-10,13-18,23,46-47H,4-5,11-12,19H2,1-3H3,(H,41,45)/t36-/m1/s1. The Labute approximate surface area is 280 Å². The summed E-state index contributed by atoms with van der Waals surface area (Å²) in [5, 5.41) is 31.6. The Morgan fingerprint density at radius 3 is 2.40 bits per heavy atom. The molecule has 250 valence electrons. The van der Waals surface area contributed by atoms with Crippen LogP contribution in [0.3, 0.4) is 0 Å². The van der Waals surface area contributed by atoms with Gasteiger partial charge in [0, 0.05) is 34.3 Å². The first kappa shape index (κ1) is 33.5. The number of nitrogens with zero attached hydrogens (tertiary/aromatic N) is 3. The molecule has 1 saturated carbocycles. The molecular formula is C36H34ClF3N4O4. The van der Waals surface area contributed by atoms with Crippen LogP contribution in [0.15, 0.2) is 66.9 Å². The van der Waals surface area contributed by atoms with Gasteiger partial charge >= 0.3 is 0 Å². The predicted octanol–water partition coefficient (Wildman–Crippen LogP) is 7.19. The number of hydrogen-bond acceptors (Lipinski definition) is 6. The SMILES string of the molecule is CCC(O)(CC)c1cc([C@@](O)(CNC(=O)c2cc(OC)c3nn(C4CC4)cc3c2)c2ccccc2)nc(-c2cc(Cl)c(F)cc2F)c1F. The number of methoxy groups -OCH3 is 1. The van der Waals surface area contributed by atoms with Gasteiger partial charge < -0.3 is 20.3 Å². The highest BCUT2D eigenvalue weighted by atomic mass is 35.5. The molecule has 48 heavy (non-hydrogen) atoms. The minimum Gasteiger partial charge on any atom is -0.494 e. The van der Waals surface area contributed by atoms with E-state index in [4.69, 9.17) is 16.3 Å². The summed E-state index contributed by atoms with van der Waals surface area (Å²) < 4.78 is 53.0. The Hall–Kier alpha value is -4.45. The van der Waals surface area contributed by atoms with E-state index < -0.39 is 57.4 Å². The molecule has 3 aromatic carbocycles. The van der Waals surface area contributed by atoms with Crippen molar-refractivity contribution in [2.24, 2.45) is 0 Å². The van der Waals surface area contributed by atoms with Gasteiger partial charge in [0.15, 0.2) is 5.82 Å². The molecule has 1 aliphatic carbocycles. The summed E-state index contributed by atoms with van der Waals surface area (Å²) >= 11 is 5.97. The highest BCUT2D eigenvalue weighted by molar-refractivity contribution is 6.31. The third kappa shape index (κ3) is 6.02. The molecule has 0 radical (unpaired) electrons. The van der Waals surface area contributed by atoms with Gasteiger partial charge in [-0.1, -0.05) is 55.8 Å². The van der Waals surface area contributed by atoms with E-state index in [2.05, 4.69) is 15.4 Å². The van der Waals surface area contributed by atoms with Gasteiger partial charge in [0.1, 0.15) is 34.2 Å². The second kappa shape index (κ2) is 12.9. The van der Waals surface area contributed by atoms with Crippen LogP contribution in [-0.2, 0) is 11.2 Å². The van der Waals surface area contributed by atoms with E-state index >= 15 is 8.78 Å². The fourth-order valence-corrected chi connectivity index (χ4v) is 6.06. The van der Waals surface area contributed by atoms with E-state index in [1.165, 1.54) is 13.2 Å². The van der Waals surface area contributed by atoms with E-state index in [1.54, 1.807) is 56.3 Å². The zero-order chi connectivity index (χ0) is 34.4. The van der Waals surface area contributed by atoms with Crippen molar-refractivity contribution < 1.29 is 32.9 Å². The van der Waals surface area contributed by atoms with Gasteiger partial charge in [0.05, 0.1) is 36.0 Å². The summed E-state index contributed by atoms with van der Waals surface area (Å²) in [6, 6.07) is 14.4. The number of aliphatic hydroxyl groups is 2. The number of aromatic nitrogens is 3. The van der Waals surface area contributed by atoms with Gasteiger partial charge in [-0.15, -0.1) is 0 Å². The Bertz CT molecular complexity index is 2010. The van der Waals surface area contributed by atoms with E-state index in [9.17, 15) is 19.4 Å². The molecule has 6 rings (SSSR count). The predicted molar refractivity (Wildman–Crippen MR) is 175 cm³/mol. The number of nitrogens with one attached hydrogen (secondary N) is 1. The summed E-state index contributed by atoms with van der Waals surface area (Å²) in [6.07, 6.45) is 4.05. The van der Waals surface area contributed by atoms with Gasteiger partial charge in [0.25, 0.3) is 5.91 Å². The third-order valence-corrected chi connectivity index (χ3v) is 9.36. The van der Waals surface area contributed by atoms with Crippen LogP contribution in [0.25, 0.3) is 22.2 Å². The van der Waals surface area contributed by atoms with E-state index in [1.807, 2.05) is 10.9 Å². The van der Waals surface area contributed by atoms with Crippen LogP contribution in [-0.4, -0.2) is 44.5 Å². The van der Waals surface area contributed by atoms with Gasteiger partial charge in [-0.3, -0.25) is 9.48 Å². The highest BCUT2D eigenvalue weighted by Gasteiger charge is 2.39. The van der Waals surface area contributed by atoms with Crippen molar-refractivity contribution >= 4 is 28.4 Å². The quantitative estimate of drug-likeness (QED) is 0.128. The van der Waals surface area contributed by atoms with Crippen molar-refractivity contribution in [1.82, 2.24) is 20.1 Å². The molecule has 0 saturated heterocycles. The number of amides is 1. The number of benzene rings is 3. The van der Waals surface area contributed by atoms with E-state index in [0.29, 0.717) is 28.8 Å². The number of ether oxygens (including phenoxy) is 1. The van der Waals surface area contributed by atoms with Gasteiger partial charge in [-0.2, -0.15) is 5.10 Å². The average molecular weight is 679 g/mol. The van der Waals surface area contributed by atoms with Crippen LogP contribution in [0.1, 0.15) is 72.8 Å². The fourth-order valence-electron chi connectivity index (χ4n) is 5.89. The maximum absolute atomic E-state index is 16.3. The molecule has 5 aromatic rings. The lowest BCUT2D eigenvalue weighted by Crippen LogP contribution is -2.43. The fraction of sp³-hybridized carbons (Fsp3) is 0.306. The molecule has 1 atom stereocenters. The first-order chi connectivity index (χ1) is 22.9. The number of pyridine rings is 1. The zero-order valence-electron chi connectivity index (χ0n) is 26.5. The Balaban J connectivity index is 1.47. The number of fused-ring (bicyclic) bond motifs is 1. The molecule has 0 aliphatic heterocycles. The first-order valence-corrected chi connectivity index (χ1v) is 16.0. The number of hydrogen-bond donors (Lipinski definition) is 3. The number of carbonyl (C=O) groups excluding carboxylic acids is 1. The number of carbonyl (C=O) groups is 1. The van der Waals surface area contributed by atoms with E-state index in [-0.39, 0.29) is 35.2 Å². The van der Waals surface area contributed by atoms with Gasteiger partial charge in [0.2, 0.25) is 0 Å². The lowest BCUT2D eigenvalue weighted by atomic mass is 9.83. The third-order valence-electron chi connectivity index (χ3n) is 9.07. The van der Waals surface area contributed by atoms with Crippen molar-refractivity contribution in [2.45, 2.75) is 56.8 Å². The van der Waals surface area contributed by atoms with Crippen LogP contribution >= 0.6 is 11.6 Å². The molecule has 1 fully saturated rings. The van der Waals surface area contributed by atoms with Crippen molar-refractivity contribution in [1.29, 1.82) is 0 Å². The minimum absolute atomic E-state index is 0.0676. The smallest absolute Gasteiger partial charge is 0.251 e.